The van der Waals surface area contributed by atoms with Crippen molar-refractivity contribution in [2.24, 2.45) is 0 Å². The maximum Gasteiger partial charge on any atom is 0.240 e. The molecule has 28 heavy (non-hydrogen) atoms. The third kappa shape index (κ3) is 4.81. The van der Waals surface area contributed by atoms with Crippen LogP contribution in [0.25, 0.3) is 0 Å². The van der Waals surface area contributed by atoms with Gasteiger partial charge in [0.2, 0.25) is 15.9 Å². The minimum absolute atomic E-state index is 0.0457. The van der Waals surface area contributed by atoms with Crippen molar-refractivity contribution in [2.75, 3.05) is 25.0 Å². The summed E-state index contributed by atoms with van der Waals surface area (Å²) in [6.45, 7) is 7.36. The van der Waals surface area contributed by atoms with E-state index in [1.54, 1.807) is 37.3 Å². The highest BCUT2D eigenvalue weighted by Gasteiger charge is 2.26. The standard InChI is InChI=1S/C20H27N3O3S2/c1-14-10-18(11-15(2)20(14)22-16(3)24)28(25,26)21-12-19(17-6-9-27-13-17)23-7-4-5-8-23/h6,9-11,13,19,21H,4-5,7-8,12H2,1-3H3,(H,22,24). The lowest BCUT2D eigenvalue weighted by molar-refractivity contribution is -0.114. The zero-order valence-electron chi connectivity index (χ0n) is 16.5. The van der Waals surface area contributed by atoms with E-state index in [1.165, 1.54) is 6.92 Å². The molecule has 1 aliphatic rings. The van der Waals surface area contributed by atoms with Crippen molar-refractivity contribution < 1.29 is 13.2 Å². The van der Waals surface area contributed by atoms with Gasteiger partial charge >= 0.3 is 0 Å². The second-order valence-corrected chi connectivity index (χ2v) is 9.83. The van der Waals surface area contributed by atoms with Crippen LogP contribution in [-0.2, 0) is 14.8 Å². The third-order valence-electron chi connectivity index (χ3n) is 5.09. The highest BCUT2D eigenvalue weighted by molar-refractivity contribution is 7.89. The molecule has 1 aromatic heterocycles. The quantitative estimate of drug-likeness (QED) is 0.718. The average molecular weight is 422 g/mol. The van der Waals surface area contributed by atoms with Crippen LogP contribution < -0.4 is 10.0 Å². The van der Waals surface area contributed by atoms with Crippen LogP contribution in [0.4, 0.5) is 5.69 Å². The van der Waals surface area contributed by atoms with Gasteiger partial charge in [-0.1, -0.05) is 0 Å². The summed E-state index contributed by atoms with van der Waals surface area (Å²) in [5.41, 5.74) is 3.27. The van der Waals surface area contributed by atoms with Crippen molar-refractivity contribution in [3.63, 3.8) is 0 Å². The molecule has 1 aliphatic heterocycles. The van der Waals surface area contributed by atoms with Gasteiger partial charge in [0.1, 0.15) is 0 Å². The van der Waals surface area contributed by atoms with Gasteiger partial charge in [-0.05, 0) is 85.4 Å². The predicted molar refractivity (Wildman–Crippen MR) is 113 cm³/mol. The Morgan fingerprint density at radius 2 is 1.86 bits per heavy atom. The number of aryl methyl sites for hydroxylation is 2. The minimum atomic E-state index is -3.65. The summed E-state index contributed by atoms with van der Waals surface area (Å²) in [5, 5.41) is 6.89. The third-order valence-corrected chi connectivity index (χ3v) is 7.20. The Hall–Kier alpha value is -1.74. The monoisotopic (exact) mass is 421 g/mol. The topological polar surface area (TPSA) is 78.5 Å². The molecule has 2 aromatic rings. The first-order chi connectivity index (χ1) is 13.3. The summed E-state index contributed by atoms with van der Waals surface area (Å²) in [6.07, 6.45) is 2.30. The number of likely N-dealkylation sites (tertiary alicyclic amines) is 1. The van der Waals surface area contributed by atoms with Crippen molar-refractivity contribution in [3.8, 4) is 0 Å². The van der Waals surface area contributed by atoms with Crippen LogP contribution in [0.15, 0.2) is 33.9 Å². The molecule has 1 aromatic carbocycles. The number of anilines is 1. The SMILES string of the molecule is CC(=O)Nc1c(C)cc(S(=O)(=O)NCC(c2ccsc2)N2CCCC2)cc1C. The van der Waals surface area contributed by atoms with Crippen LogP contribution in [-0.4, -0.2) is 38.9 Å². The summed E-state index contributed by atoms with van der Waals surface area (Å²) in [5.74, 6) is -0.177. The van der Waals surface area contributed by atoms with Crippen LogP contribution in [0.1, 0.15) is 42.5 Å². The number of hydrogen-bond acceptors (Lipinski definition) is 5. The Morgan fingerprint density at radius 3 is 2.39 bits per heavy atom. The summed E-state index contributed by atoms with van der Waals surface area (Å²) in [4.78, 5) is 13.9. The van der Waals surface area contributed by atoms with Crippen molar-refractivity contribution in [1.82, 2.24) is 9.62 Å². The summed E-state index contributed by atoms with van der Waals surface area (Å²) >= 11 is 1.63. The van der Waals surface area contributed by atoms with E-state index in [9.17, 15) is 13.2 Å². The lowest BCUT2D eigenvalue weighted by Gasteiger charge is -2.27. The Labute approximate surface area is 171 Å². The smallest absolute Gasteiger partial charge is 0.240 e. The highest BCUT2D eigenvalue weighted by Crippen LogP contribution is 2.28. The number of amides is 1. The van der Waals surface area contributed by atoms with E-state index in [0.717, 1.165) is 42.6 Å². The Kier molecular flexibility index (Phi) is 6.54. The molecule has 1 amide bonds. The van der Waals surface area contributed by atoms with Gasteiger partial charge in [0.05, 0.1) is 4.90 Å². The molecule has 2 heterocycles. The van der Waals surface area contributed by atoms with Crippen molar-refractivity contribution in [3.05, 3.63) is 45.6 Å². The zero-order chi connectivity index (χ0) is 20.3. The number of carbonyl (C=O) groups excluding carboxylic acids is 1. The molecule has 0 radical (unpaired) electrons. The molecule has 0 aliphatic carbocycles. The number of sulfonamides is 1. The fraction of sp³-hybridized carbons (Fsp3) is 0.450. The van der Waals surface area contributed by atoms with Gasteiger partial charge in [-0.15, -0.1) is 0 Å². The molecule has 1 unspecified atom stereocenters. The highest BCUT2D eigenvalue weighted by atomic mass is 32.2. The van der Waals surface area contributed by atoms with E-state index in [-0.39, 0.29) is 16.8 Å². The number of carbonyl (C=O) groups is 1. The van der Waals surface area contributed by atoms with Gasteiger partial charge in [0, 0.05) is 25.2 Å². The molecule has 0 saturated carbocycles. The zero-order valence-corrected chi connectivity index (χ0v) is 18.1. The Balaban J connectivity index is 1.80. The first-order valence-electron chi connectivity index (χ1n) is 9.42. The molecular formula is C20H27N3O3S2. The second-order valence-electron chi connectivity index (χ2n) is 7.28. The maximum absolute atomic E-state index is 12.9. The molecular weight excluding hydrogens is 394 g/mol. The Morgan fingerprint density at radius 1 is 1.21 bits per heavy atom. The van der Waals surface area contributed by atoms with E-state index < -0.39 is 10.0 Å². The fourth-order valence-electron chi connectivity index (χ4n) is 3.70. The van der Waals surface area contributed by atoms with Gasteiger partial charge in [0.25, 0.3) is 0 Å². The number of benzene rings is 1. The van der Waals surface area contributed by atoms with Crippen LogP contribution in [0.3, 0.4) is 0 Å². The van der Waals surface area contributed by atoms with Crippen molar-refractivity contribution >= 4 is 33.0 Å². The van der Waals surface area contributed by atoms with Gasteiger partial charge in [0.15, 0.2) is 0 Å². The van der Waals surface area contributed by atoms with Gasteiger partial charge < -0.3 is 5.32 Å². The lowest BCUT2D eigenvalue weighted by atomic mass is 10.1. The first-order valence-corrected chi connectivity index (χ1v) is 11.8. The molecule has 1 fully saturated rings. The van der Waals surface area contributed by atoms with Gasteiger partial charge in [-0.2, -0.15) is 11.3 Å². The van der Waals surface area contributed by atoms with Crippen molar-refractivity contribution in [2.45, 2.75) is 44.6 Å². The molecule has 8 heteroatoms. The second kappa shape index (κ2) is 8.73. The fourth-order valence-corrected chi connectivity index (χ4v) is 5.61. The molecule has 1 atom stereocenters. The van der Waals surface area contributed by atoms with Gasteiger partial charge in [-0.25, -0.2) is 13.1 Å². The summed E-state index contributed by atoms with van der Waals surface area (Å²) < 4.78 is 28.7. The van der Waals surface area contributed by atoms with Crippen LogP contribution in [0.5, 0.6) is 0 Å². The predicted octanol–water partition coefficient (Wildman–Crippen LogP) is 3.44. The number of rotatable bonds is 7. The number of thiophene rings is 1. The van der Waals surface area contributed by atoms with Crippen molar-refractivity contribution in [1.29, 1.82) is 0 Å². The van der Waals surface area contributed by atoms with E-state index in [4.69, 9.17) is 0 Å². The average Bonchev–Trinajstić information content (AvgIpc) is 3.32. The van der Waals surface area contributed by atoms with Crippen LogP contribution in [0.2, 0.25) is 0 Å². The van der Waals surface area contributed by atoms with Crippen LogP contribution >= 0.6 is 11.3 Å². The number of hydrogen-bond donors (Lipinski definition) is 2. The van der Waals surface area contributed by atoms with E-state index in [0.29, 0.717) is 12.2 Å². The largest absolute Gasteiger partial charge is 0.326 e. The molecule has 0 bridgehead atoms. The molecule has 1 saturated heterocycles. The molecule has 6 nitrogen and oxygen atoms in total. The van der Waals surface area contributed by atoms with Gasteiger partial charge in [-0.3, -0.25) is 9.69 Å². The molecule has 0 spiro atoms. The minimum Gasteiger partial charge on any atom is -0.326 e. The van der Waals surface area contributed by atoms with Crippen LogP contribution in [0, 0.1) is 13.8 Å². The Bertz CT molecular complexity index is 911. The number of nitrogens with one attached hydrogen (secondary N) is 2. The summed E-state index contributed by atoms with van der Waals surface area (Å²) in [6, 6.07) is 5.33. The lowest BCUT2D eigenvalue weighted by Crippen LogP contribution is -2.36. The summed E-state index contributed by atoms with van der Waals surface area (Å²) in [7, 11) is -3.65. The van der Waals surface area contributed by atoms with E-state index in [2.05, 4.69) is 26.4 Å². The van der Waals surface area contributed by atoms with E-state index in [1.807, 2.05) is 5.38 Å². The molecule has 3 rings (SSSR count). The normalized spacial score (nSPS) is 16.2. The molecule has 2 N–H and O–H groups in total. The first kappa shape index (κ1) is 21.0. The number of nitrogens with zero attached hydrogens (tertiary/aromatic N) is 1. The maximum atomic E-state index is 12.9. The molecule has 152 valence electrons. The van der Waals surface area contributed by atoms with E-state index >= 15 is 0 Å².